The topological polar surface area (TPSA) is 62.6 Å². The molecule has 43 heavy (non-hydrogen) atoms. The SMILES string of the molecule is COc1ccc(-c2cn(-c3ccc(C=O)cc3)c(-c3ccccc3OCc3ccccc3)n2)c(OCc2ccccc2)c1. The average Bonchev–Trinajstić information content (AvgIpc) is 3.52. The molecule has 0 bridgehead atoms. The molecule has 0 amide bonds. The molecular weight excluding hydrogens is 536 g/mol. The van der Waals surface area contributed by atoms with Crippen LogP contribution in [0.4, 0.5) is 0 Å². The molecule has 6 heteroatoms. The fourth-order valence-corrected chi connectivity index (χ4v) is 4.82. The van der Waals surface area contributed by atoms with Gasteiger partial charge in [0.2, 0.25) is 0 Å². The van der Waals surface area contributed by atoms with Crippen molar-refractivity contribution in [3.63, 3.8) is 0 Å². The number of imidazole rings is 1. The molecule has 0 saturated heterocycles. The zero-order chi connectivity index (χ0) is 29.4. The first-order valence-corrected chi connectivity index (χ1v) is 14.0. The molecule has 0 unspecified atom stereocenters. The molecular formula is C37H30N2O4. The number of methoxy groups -OCH3 is 1. The molecule has 1 heterocycles. The highest BCUT2D eigenvalue weighted by molar-refractivity contribution is 5.77. The molecule has 0 aliphatic carbocycles. The highest BCUT2D eigenvalue weighted by Crippen LogP contribution is 2.38. The van der Waals surface area contributed by atoms with Gasteiger partial charge in [-0.05, 0) is 59.7 Å². The lowest BCUT2D eigenvalue weighted by Crippen LogP contribution is -2.00. The van der Waals surface area contributed by atoms with E-state index in [1.54, 1.807) is 19.2 Å². The lowest BCUT2D eigenvalue weighted by atomic mass is 10.1. The summed E-state index contributed by atoms with van der Waals surface area (Å²) < 4.78 is 20.2. The van der Waals surface area contributed by atoms with E-state index in [0.29, 0.717) is 41.9 Å². The largest absolute Gasteiger partial charge is 0.497 e. The molecule has 0 aliphatic heterocycles. The quantitative estimate of drug-likeness (QED) is 0.148. The number of hydrogen-bond donors (Lipinski definition) is 0. The van der Waals surface area contributed by atoms with Crippen LogP contribution in [0.1, 0.15) is 21.5 Å². The Labute approximate surface area is 250 Å². The number of aromatic nitrogens is 2. The van der Waals surface area contributed by atoms with E-state index < -0.39 is 0 Å². The van der Waals surface area contributed by atoms with Gasteiger partial charge in [-0.1, -0.05) is 72.8 Å². The summed E-state index contributed by atoms with van der Waals surface area (Å²) in [6, 6.07) is 41.1. The number of carbonyl (C=O) groups is 1. The standard InChI is InChI=1S/C37H30N2O4/c1-41-31-20-21-32(36(22-31)43-26-29-12-6-3-7-13-29)34-23-39(30-18-16-27(24-40)17-19-30)37(38-34)33-14-8-9-15-35(33)42-25-28-10-4-2-5-11-28/h2-24H,25-26H2,1H3. The Morgan fingerprint density at radius 2 is 1.30 bits per heavy atom. The van der Waals surface area contributed by atoms with Gasteiger partial charge in [0.05, 0.1) is 18.4 Å². The molecule has 0 N–H and O–H groups in total. The van der Waals surface area contributed by atoms with Crippen LogP contribution >= 0.6 is 0 Å². The van der Waals surface area contributed by atoms with Gasteiger partial charge in [0.1, 0.15) is 42.6 Å². The third kappa shape index (κ3) is 6.34. The van der Waals surface area contributed by atoms with Crippen molar-refractivity contribution in [3.8, 4) is 45.6 Å². The zero-order valence-electron chi connectivity index (χ0n) is 23.7. The Hall–Kier alpha value is -5.62. The summed E-state index contributed by atoms with van der Waals surface area (Å²) in [7, 11) is 1.64. The third-order valence-corrected chi connectivity index (χ3v) is 7.08. The van der Waals surface area contributed by atoms with Crippen LogP contribution in [0, 0.1) is 0 Å². The average molecular weight is 567 g/mol. The van der Waals surface area contributed by atoms with Crippen molar-refractivity contribution in [2.45, 2.75) is 13.2 Å². The summed E-state index contributed by atoms with van der Waals surface area (Å²) in [4.78, 5) is 16.5. The van der Waals surface area contributed by atoms with E-state index >= 15 is 0 Å². The van der Waals surface area contributed by atoms with Crippen molar-refractivity contribution in [2.24, 2.45) is 0 Å². The van der Waals surface area contributed by atoms with Gasteiger partial charge in [0.15, 0.2) is 0 Å². The lowest BCUT2D eigenvalue weighted by molar-refractivity contribution is 0.112. The van der Waals surface area contributed by atoms with Crippen LogP contribution in [0.5, 0.6) is 17.2 Å². The fraction of sp³-hybridized carbons (Fsp3) is 0.0811. The van der Waals surface area contributed by atoms with E-state index in [2.05, 4.69) is 0 Å². The Kier molecular flexibility index (Phi) is 8.27. The van der Waals surface area contributed by atoms with Crippen LogP contribution < -0.4 is 14.2 Å². The predicted molar refractivity (Wildman–Crippen MR) is 168 cm³/mol. The molecule has 6 aromatic rings. The zero-order valence-corrected chi connectivity index (χ0v) is 23.7. The Bertz CT molecular complexity index is 1810. The van der Waals surface area contributed by atoms with Gasteiger partial charge < -0.3 is 14.2 Å². The number of aldehydes is 1. The molecule has 0 fully saturated rings. The first kappa shape index (κ1) is 27.5. The minimum Gasteiger partial charge on any atom is -0.497 e. The van der Waals surface area contributed by atoms with Crippen molar-refractivity contribution < 1.29 is 19.0 Å². The first-order valence-electron chi connectivity index (χ1n) is 14.0. The highest BCUT2D eigenvalue weighted by atomic mass is 16.5. The predicted octanol–water partition coefficient (Wildman–Crippen LogP) is 8.19. The van der Waals surface area contributed by atoms with Gasteiger partial charge in [-0.3, -0.25) is 9.36 Å². The Morgan fingerprint density at radius 1 is 0.674 bits per heavy atom. The van der Waals surface area contributed by atoms with Crippen molar-refractivity contribution in [1.29, 1.82) is 0 Å². The van der Waals surface area contributed by atoms with E-state index in [1.165, 1.54) is 0 Å². The van der Waals surface area contributed by atoms with Crippen molar-refractivity contribution >= 4 is 6.29 Å². The smallest absolute Gasteiger partial charge is 0.150 e. The molecule has 0 aliphatic rings. The molecule has 6 nitrogen and oxygen atoms in total. The van der Waals surface area contributed by atoms with Crippen LogP contribution in [0.25, 0.3) is 28.3 Å². The summed E-state index contributed by atoms with van der Waals surface area (Å²) in [6.45, 7) is 0.827. The molecule has 212 valence electrons. The summed E-state index contributed by atoms with van der Waals surface area (Å²) in [5.41, 5.74) is 5.97. The minimum absolute atomic E-state index is 0.401. The minimum atomic E-state index is 0.401. The van der Waals surface area contributed by atoms with Gasteiger partial charge in [-0.2, -0.15) is 0 Å². The van der Waals surface area contributed by atoms with Crippen LogP contribution in [0.2, 0.25) is 0 Å². The number of rotatable bonds is 11. The number of benzene rings is 5. The normalized spacial score (nSPS) is 10.7. The van der Waals surface area contributed by atoms with E-state index in [-0.39, 0.29) is 0 Å². The number of nitrogens with zero attached hydrogens (tertiary/aromatic N) is 2. The molecule has 1 aromatic heterocycles. The molecule has 6 rings (SSSR count). The van der Waals surface area contributed by atoms with Crippen molar-refractivity contribution in [3.05, 3.63) is 150 Å². The molecule has 5 aromatic carbocycles. The first-order chi connectivity index (χ1) is 21.2. The van der Waals surface area contributed by atoms with E-state index in [0.717, 1.165) is 39.9 Å². The molecule has 0 radical (unpaired) electrons. The fourth-order valence-electron chi connectivity index (χ4n) is 4.82. The van der Waals surface area contributed by atoms with Gasteiger partial charge in [-0.25, -0.2) is 4.98 Å². The van der Waals surface area contributed by atoms with Gasteiger partial charge in [0, 0.05) is 29.1 Å². The van der Waals surface area contributed by atoms with Crippen molar-refractivity contribution in [1.82, 2.24) is 9.55 Å². The number of carbonyl (C=O) groups excluding carboxylic acids is 1. The summed E-state index contributed by atoms with van der Waals surface area (Å²) in [6.07, 6.45) is 2.82. The highest BCUT2D eigenvalue weighted by Gasteiger charge is 2.20. The molecule has 0 spiro atoms. The monoisotopic (exact) mass is 566 g/mol. The Balaban J connectivity index is 1.44. The number of hydrogen-bond acceptors (Lipinski definition) is 5. The number of para-hydroxylation sites is 1. The van der Waals surface area contributed by atoms with E-state index in [9.17, 15) is 4.79 Å². The summed E-state index contributed by atoms with van der Waals surface area (Å²) in [5, 5.41) is 0. The molecule has 0 atom stereocenters. The van der Waals surface area contributed by atoms with Crippen LogP contribution in [0.15, 0.2) is 134 Å². The number of ether oxygens (including phenoxy) is 3. The lowest BCUT2D eigenvalue weighted by Gasteiger charge is -2.13. The van der Waals surface area contributed by atoms with E-state index in [1.807, 2.05) is 126 Å². The van der Waals surface area contributed by atoms with Crippen LogP contribution in [-0.2, 0) is 13.2 Å². The van der Waals surface area contributed by atoms with Gasteiger partial charge in [-0.15, -0.1) is 0 Å². The second kappa shape index (κ2) is 12.9. The van der Waals surface area contributed by atoms with Gasteiger partial charge >= 0.3 is 0 Å². The summed E-state index contributed by atoms with van der Waals surface area (Å²) in [5.74, 6) is 2.76. The second-order valence-corrected chi connectivity index (χ2v) is 9.94. The maximum Gasteiger partial charge on any atom is 0.150 e. The van der Waals surface area contributed by atoms with Gasteiger partial charge in [0.25, 0.3) is 0 Å². The van der Waals surface area contributed by atoms with E-state index in [4.69, 9.17) is 19.2 Å². The van der Waals surface area contributed by atoms with Crippen LogP contribution in [0.3, 0.4) is 0 Å². The molecule has 0 saturated carbocycles. The maximum atomic E-state index is 11.4. The summed E-state index contributed by atoms with van der Waals surface area (Å²) >= 11 is 0. The van der Waals surface area contributed by atoms with Crippen LogP contribution in [-0.4, -0.2) is 22.9 Å². The Morgan fingerprint density at radius 3 is 1.95 bits per heavy atom. The van der Waals surface area contributed by atoms with Crippen molar-refractivity contribution in [2.75, 3.05) is 7.11 Å². The second-order valence-electron chi connectivity index (χ2n) is 9.94. The third-order valence-electron chi connectivity index (χ3n) is 7.08. The maximum absolute atomic E-state index is 11.4.